The molecule has 0 unspecified atom stereocenters. The molecule has 0 aliphatic rings. The van der Waals surface area contributed by atoms with Crippen LogP contribution in [0.4, 0.5) is 0 Å². The fraction of sp³-hybridized carbons (Fsp3) is 0.400. The van der Waals surface area contributed by atoms with Crippen molar-refractivity contribution in [2.75, 3.05) is 13.2 Å². The number of nitriles is 3. The Bertz CT molecular complexity index is 252. The van der Waals surface area contributed by atoms with Gasteiger partial charge in [0.05, 0.1) is 0 Å². The molecule has 0 aromatic rings. The average molecular weight is 307 g/mol. The molecule has 0 heterocycles. The van der Waals surface area contributed by atoms with E-state index in [4.69, 9.17) is 25.3 Å². The van der Waals surface area contributed by atoms with Crippen LogP contribution in [0.25, 0.3) is 0 Å². The van der Waals surface area contributed by atoms with Crippen LogP contribution in [0.1, 0.15) is 0 Å². The molecule has 0 aromatic heterocycles. The number of nitrogens with zero attached hydrogens (tertiary/aromatic N) is 3. The van der Waals surface area contributed by atoms with E-state index < -0.39 is 10.2 Å². The third kappa shape index (κ3) is 5.01. The van der Waals surface area contributed by atoms with Crippen LogP contribution in [0.15, 0.2) is 0 Å². The average Bonchev–Trinajstić information content (AvgIpc) is 2.16. The summed E-state index contributed by atoms with van der Waals surface area (Å²) < 4.78 is 5.38. The Hall–Kier alpha value is -0.0171. The van der Waals surface area contributed by atoms with E-state index in [-0.39, 0.29) is 6.61 Å². The van der Waals surface area contributed by atoms with Crippen LogP contribution < -0.4 is 5.73 Å². The molecule has 5 nitrogen and oxygen atoms in total. The number of hydrogen-bond acceptors (Lipinski definition) is 8. The van der Waals surface area contributed by atoms with Gasteiger partial charge in [-0.2, -0.15) is 0 Å². The molecular weight excluding hydrogens is 301 g/mol. The number of thiocyanates is 3. The molecule has 0 rings (SSSR count). The summed E-state index contributed by atoms with van der Waals surface area (Å²) in [7, 11) is -0.534. The van der Waals surface area contributed by atoms with Crippen LogP contribution in [0.5, 0.6) is 0 Å². The topological polar surface area (TPSA) is 107 Å². The zero-order chi connectivity index (χ0) is 10.9. The van der Waals surface area contributed by atoms with E-state index in [1.807, 2.05) is 16.2 Å². The van der Waals surface area contributed by atoms with Crippen LogP contribution in [-0.2, 0) is 3.76 Å². The van der Waals surface area contributed by atoms with Crippen LogP contribution in [0.2, 0.25) is 0 Å². The number of rotatable bonds is 6. The summed E-state index contributed by atoms with van der Waals surface area (Å²) in [5.41, 5.74) is 5.25. The third-order valence-electron chi connectivity index (χ3n) is 0.909. The van der Waals surface area contributed by atoms with E-state index in [1.54, 1.807) is 0 Å². The summed E-state index contributed by atoms with van der Waals surface area (Å²) in [5.74, 6) is 0. The van der Waals surface area contributed by atoms with E-state index >= 15 is 0 Å². The molecular formula is C5H6GeN4OS3. The van der Waals surface area contributed by atoms with Gasteiger partial charge in [0.25, 0.3) is 0 Å². The van der Waals surface area contributed by atoms with Gasteiger partial charge in [0.2, 0.25) is 0 Å². The summed E-state index contributed by atoms with van der Waals surface area (Å²) in [6, 6.07) is 0. The van der Waals surface area contributed by atoms with Crippen molar-refractivity contribution in [3.8, 4) is 16.2 Å². The van der Waals surface area contributed by atoms with E-state index in [0.29, 0.717) is 6.54 Å². The van der Waals surface area contributed by atoms with Gasteiger partial charge in [0.15, 0.2) is 0 Å². The zero-order valence-electron chi connectivity index (χ0n) is 6.97. The van der Waals surface area contributed by atoms with E-state index in [2.05, 4.69) is 0 Å². The van der Waals surface area contributed by atoms with Gasteiger partial charge in [0.1, 0.15) is 0 Å². The fourth-order valence-corrected chi connectivity index (χ4v) is 12.7. The fourth-order valence-electron chi connectivity index (χ4n) is 0.503. The Kier molecular flexibility index (Phi) is 8.29. The molecule has 0 aliphatic carbocycles. The van der Waals surface area contributed by atoms with E-state index in [1.165, 1.54) is 0 Å². The molecule has 0 aromatic carbocycles. The van der Waals surface area contributed by atoms with Crippen molar-refractivity contribution >= 4 is 40.4 Å². The number of nitrogens with two attached hydrogens (primary N) is 1. The molecule has 14 heavy (non-hydrogen) atoms. The quantitative estimate of drug-likeness (QED) is 0.573. The van der Waals surface area contributed by atoms with Crippen molar-refractivity contribution in [2.45, 2.75) is 0 Å². The molecule has 2 N–H and O–H groups in total. The van der Waals surface area contributed by atoms with Crippen molar-refractivity contribution in [2.24, 2.45) is 5.73 Å². The second-order valence-electron chi connectivity index (χ2n) is 1.72. The summed E-state index contributed by atoms with van der Waals surface area (Å²) in [5, 5.41) is 31.3. The molecule has 0 saturated heterocycles. The molecule has 0 bridgehead atoms. The van der Waals surface area contributed by atoms with Crippen molar-refractivity contribution in [3.05, 3.63) is 0 Å². The van der Waals surface area contributed by atoms with Gasteiger partial charge in [-0.15, -0.1) is 0 Å². The molecule has 0 spiro atoms. The summed E-state index contributed by atoms with van der Waals surface area (Å²) in [6.45, 7) is 0.592. The maximum absolute atomic E-state index is 8.56. The molecule has 0 aliphatic heterocycles. The molecule has 0 saturated carbocycles. The standard InChI is InChI=1S/C5H6GeN4OS3/c7-1-2-11-6(12-3-8,13-4-9)14-5-10/h1-2,7H2. The van der Waals surface area contributed by atoms with Crippen molar-refractivity contribution in [3.63, 3.8) is 0 Å². The van der Waals surface area contributed by atoms with Gasteiger partial charge >= 0.3 is 95.1 Å². The second kappa shape index (κ2) is 8.30. The van der Waals surface area contributed by atoms with E-state index in [9.17, 15) is 0 Å². The van der Waals surface area contributed by atoms with Crippen LogP contribution in [0, 0.1) is 32.0 Å². The maximum atomic E-state index is 8.56. The first-order valence-corrected chi connectivity index (χ1v) is 14.3. The predicted octanol–water partition coefficient (Wildman–Crippen LogP) is 1.04. The van der Waals surface area contributed by atoms with Crippen LogP contribution >= 0.6 is 30.3 Å². The molecule has 0 amide bonds. The number of hydrogen-bond donors (Lipinski definition) is 1. The molecule has 0 fully saturated rings. The minimum atomic E-state index is -3.26. The first-order valence-electron chi connectivity index (χ1n) is 3.30. The molecule has 0 radical (unpaired) electrons. The van der Waals surface area contributed by atoms with Gasteiger partial charge in [-0.05, 0) is 0 Å². The summed E-state index contributed by atoms with van der Waals surface area (Å²) >= 11 is 0. The van der Waals surface area contributed by atoms with E-state index in [0.717, 1.165) is 30.3 Å². The first-order chi connectivity index (χ1) is 6.74. The van der Waals surface area contributed by atoms with Crippen molar-refractivity contribution in [1.82, 2.24) is 0 Å². The normalized spacial score (nSPS) is 9.86. The SMILES string of the molecule is N#C[S][Ge]([O]CCN)([S]C#N)[S]C#N. The summed E-state index contributed by atoms with van der Waals surface area (Å²) in [6.07, 6.45) is 0. The second-order valence-corrected chi connectivity index (χ2v) is 22.4. The van der Waals surface area contributed by atoms with Crippen molar-refractivity contribution in [1.29, 1.82) is 15.8 Å². The van der Waals surface area contributed by atoms with Gasteiger partial charge in [-0.1, -0.05) is 0 Å². The Morgan fingerprint density at radius 3 is 1.79 bits per heavy atom. The van der Waals surface area contributed by atoms with Crippen LogP contribution in [0.3, 0.4) is 0 Å². The Labute approximate surface area is 94.7 Å². The van der Waals surface area contributed by atoms with Crippen LogP contribution in [-0.4, -0.2) is 23.3 Å². The van der Waals surface area contributed by atoms with Gasteiger partial charge in [-0.3, -0.25) is 0 Å². The Morgan fingerprint density at radius 2 is 1.50 bits per heavy atom. The van der Waals surface area contributed by atoms with Gasteiger partial charge in [-0.25, -0.2) is 0 Å². The van der Waals surface area contributed by atoms with Crippen molar-refractivity contribution < 1.29 is 3.76 Å². The first kappa shape index (κ1) is 14.0. The molecule has 0 atom stereocenters. The minimum absolute atomic E-state index is 0.276. The third-order valence-corrected chi connectivity index (χ3v) is 19.2. The molecule has 9 heteroatoms. The molecule has 74 valence electrons. The van der Waals surface area contributed by atoms with Gasteiger partial charge in [0, 0.05) is 0 Å². The van der Waals surface area contributed by atoms with Gasteiger partial charge < -0.3 is 0 Å². The summed E-state index contributed by atoms with van der Waals surface area (Å²) in [4.78, 5) is 0. The monoisotopic (exact) mass is 308 g/mol. The predicted molar refractivity (Wildman–Crippen MR) is 60.4 cm³/mol. The zero-order valence-corrected chi connectivity index (χ0v) is 11.5. The Morgan fingerprint density at radius 1 is 1.07 bits per heavy atom. The Balaban J connectivity index is 4.51.